The van der Waals surface area contributed by atoms with Gasteiger partial charge in [-0.15, -0.1) is 36.2 Å². The van der Waals surface area contributed by atoms with Crippen molar-refractivity contribution in [2.45, 2.75) is 84.1 Å². The number of anilines is 1. The lowest BCUT2D eigenvalue weighted by Crippen LogP contribution is -2.62. The number of hydrogen-bond acceptors (Lipinski definition) is 11. The number of morpholine rings is 1. The van der Waals surface area contributed by atoms with Crippen LogP contribution in [0.15, 0.2) is 60.0 Å². The molecule has 1 aliphatic carbocycles. The van der Waals surface area contributed by atoms with Gasteiger partial charge in [-0.1, -0.05) is 51.1 Å². The highest BCUT2D eigenvalue weighted by molar-refractivity contribution is 7.14. The zero-order chi connectivity index (χ0) is 44.7. The molecule has 2 aliphatic heterocycles. The monoisotopic (exact) mass is 960 g/mol. The third kappa shape index (κ3) is 12.5. The number of nitrogens with zero attached hydrogens (tertiary/aromatic N) is 3. The van der Waals surface area contributed by atoms with E-state index in [0.29, 0.717) is 43.3 Å². The van der Waals surface area contributed by atoms with Gasteiger partial charge in [0, 0.05) is 37.0 Å². The fraction of sp³-hybridized carbons (Fsp3) is 0.489. The van der Waals surface area contributed by atoms with Gasteiger partial charge in [0.1, 0.15) is 31.0 Å². The predicted octanol–water partition coefficient (Wildman–Crippen LogP) is 6.83. The summed E-state index contributed by atoms with van der Waals surface area (Å²) in [7, 11) is 1.68. The maximum absolute atomic E-state index is 15.0. The van der Waals surface area contributed by atoms with E-state index in [1.807, 2.05) is 51.1 Å². The largest absolute Gasteiger partial charge is 0.491 e. The molecule has 1 aromatic heterocycles. The van der Waals surface area contributed by atoms with Gasteiger partial charge in [0.15, 0.2) is 16.7 Å². The average molecular weight is 962 g/mol. The molecule has 1 saturated heterocycles. The van der Waals surface area contributed by atoms with Crippen molar-refractivity contribution in [2.75, 3.05) is 64.7 Å². The van der Waals surface area contributed by atoms with E-state index >= 15 is 4.39 Å². The molecule has 2 unspecified atom stereocenters. The highest BCUT2D eigenvalue weighted by Crippen LogP contribution is 2.37. The summed E-state index contributed by atoms with van der Waals surface area (Å²) in [6.07, 6.45) is 2.99. The molecular weight excluding hydrogens is 902 g/mol. The number of aryl methyl sites for hydroxylation is 1. The third-order valence-electron chi connectivity index (χ3n) is 11.9. The molecule has 0 bridgehead atoms. The Hall–Kier alpha value is -4.58. The number of benzene rings is 3. The van der Waals surface area contributed by atoms with Gasteiger partial charge in [0.2, 0.25) is 23.5 Å². The van der Waals surface area contributed by atoms with Crippen LogP contribution in [-0.2, 0) is 43.2 Å². The Morgan fingerprint density at radius 1 is 0.954 bits per heavy atom. The van der Waals surface area contributed by atoms with Crippen LogP contribution in [-0.4, -0.2) is 106 Å². The van der Waals surface area contributed by atoms with Gasteiger partial charge in [-0.3, -0.25) is 14.4 Å². The summed E-state index contributed by atoms with van der Waals surface area (Å²) in [5.41, 5.74) is 4.25. The van der Waals surface area contributed by atoms with Gasteiger partial charge in [-0.25, -0.2) is 9.37 Å². The van der Waals surface area contributed by atoms with Crippen LogP contribution in [0, 0.1) is 17.0 Å². The van der Waals surface area contributed by atoms with Crippen molar-refractivity contribution in [2.24, 2.45) is 5.41 Å². The first-order chi connectivity index (χ1) is 30.3. The Balaban J connectivity index is 0.00000397. The number of carbonyl (C=O) groups is 3. The number of halogens is 4. The van der Waals surface area contributed by atoms with Gasteiger partial charge >= 0.3 is 0 Å². The number of hydrogen-bond donors (Lipinski definition) is 3. The summed E-state index contributed by atoms with van der Waals surface area (Å²) in [6, 6.07) is 13.9. The summed E-state index contributed by atoms with van der Waals surface area (Å²) in [4.78, 5) is 50.5. The highest BCUT2D eigenvalue weighted by Gasteiger charge is 2.43. The number of fused-ring (bicyclic) bond motifs is 2. The number of likely N-dealkylation sites (N-methyl/N-ethyl adjacent to an activating group) is 1. The Labute approximate surface area is 396 Å². The molecule has 4 aromatic rings. The standard InChI is InChI=1S/C47H58F2N6O7S.2ClH/c1-29(50-5)43(56)53-42(47(2,3)4)45(58)55-27-32-25-33(14-13-31(32)26-39(55)44(57)51-37-12-8-10-30-9-6-7-11-34(30)37)61-23-21-60-22-24-62-41-35(15-16-36(48)40(41)49)38-28-63-46(52-38)54-17-19-59-20-18-54;;/h6-7,9,11,13-16,25,28-29,37,39,42,50H,8,10,12,17-24,26-27H2,1-5H3,(H,51,57)(H,53,56);2*1H/t29?,37-,39+,42?;;/m1../s1. The van der Waals surface area contributed by atoms with Crippen LogP contribution < -0.4 is 30.3 Å². The minimum absolute atomic E-state index is 0. The Kier molecular flexibility index (Phi) is 18.4. The molecule has 3 heterocycles. The smallest absolute Gasteiger partial charge is 0.246 e. The molecule has 3 amide bonds. The van der Waals surface area contributed by atoms with Crippen molar-refractivity contribution >= 4 is 59.0 Å². The van der Waals surface area contributed by atoms with Crippen molar-refractivity contribution in [1.82, 2.24) is 25.8 Å². The van der Waals surface area contributed by atoms with Gasteiger partial charge in [0.05, 0.1) is 44.2 Å². The molecule has 0 saturated carbocycles. The van der Waals surface area contributed by atoms with E-state index in [1.165, 1.54) is 23.0 Å². The topological polar surface area (TPSA) is 144 Å². The molecule has 1 fully saturated rings. The van der Waals surface area contributed by atoms with Crippen LogP contribution in [0.25, 0.3) is 11.3 Å². The number of thiazole rings is 1. The zero-order valence-electron chi connectivity index (χ0n) is 37.5. The molecule has 3 aliphatic rings. The maximum Gasteiger partial charge on any atom is 0.246 e. The molecule has 13 nitrogen and oxygen atoms in total. The predicted molar refractivity (Wildman–Crippen MR) is 251 cm³/mol. The second kappa shape index (κ2) is 23.2. The van der Waals surface area contributed by atoms with Gasteiger partial charge in [-0.2, -0.15) is 4.39 Å². The first-order valence-corrected chi connectivity index (χ1v) is 22.6. The molecule has 3 N–H and O–H groups in total. The first-order valence-electron chi connectivity index (χ1n) is 21.7. The molecule has 4 atom stereocenters. The fourth-order valence-corrected chi connectivity index (χ4v) is 9.07. The summed E-state index contributed by atoms with van der Waals surface area (Å²) >= 11 is 1.42. The molecular formula is C47H60Cl2F2N6O7S. The fourth-order valence-electron chi connectivity index (χ4n) is 8.19. The second-order valence-electron chi connectivity index (χ2n) is 17.2. The van der Waals surface area contributed by atoms with Gasteiger partial charge in [-0.05, 0) is 85.2 Å². The first kappa shape index (κ1) is 51.4. The number of nitrogens with one attached hydrogen (secondary N) is 3. The Bertz CT molecular complexity index is 2260. The van der Waals surface area contributed by atoms with E-state index in [-0.39, 0.29) is 93.7 Å². The van der Waals surface area contributed by atoms with Crippen LogP contribution in [0.5, 0.6) is 11.5 Å². The zero-order valence-corrected chi connectivity index (χ0v) is 39.9. The quantitative estimate of drug-likeness (QED) is 0.102. The van der Waals surface area contributed by atoms with E-state index in [4.69, 9.17) is 18.9 Å². The second-order valence-corrected chi connectivity index (χ2v) is 18.1. The van der Waals surface area contributed by atoms with Gasteiger partial charge in [0.25, 0.3) is 0 Å². The van der Waals surface area contributed by atoms with Crippen molar-refractivity contribution in [1.29, 1.82) is 0 Å². The lowest BCUT2D eigenvalue weighted by atomic mass is 9.83. The van der Waals surface area contributed by atoms with Crippen LogP contribution in [0.2, 0.25) is 0 Å². The normalized spacial score (nSPS) is 17.9. The molecule has 0 radical (unpaired) electrons. The number of amides is 3. The number of carbonyl (C=O) groups excluding carboxylic acids is 3. The Morgan fingerprint density at radius 3 is 2.43 bits per heavy atom. The van der Waals surface area contributed by atoms with Crippen LogP contribution in [0.4, 0.5) is 13.9 Å². The van der Waals surface area contributed by atoms with Crippen molar-refractivity contribution in [3.05, 3.63) is 93.9 Å². The number of ether oxygens (including phenoxy) is 4. The number of aromatic nitrogens is 1. The van der Waals surface area contributed by atoms with Crippen LogP contribution >= 0.6 is 36.2 Å². The van der Waals surface area contributed by atoms with E-state index in [1.54, 1.807) is 24.3 Å². The van der Waals surface area contributed by atoms with E-state index < -0.39 is 35.2 Å². The van der Waals surface area contributed by atoms with Crippen LogP contribution in [0.3, 0.4) is 0 Å². The van der Waals surface area contributed by atoms with Crippen molar-refractivity contribution < 1.29 is 42.1 Å². The highest BCUT2D eigenvalue weighted by atomic mass is 35.5. The lowest BCUT2D eigenvalue weighted by Gasteiger charge is -2.41. The summed E-state index contributed by atoms with van der Waals surface area (Å²) < 4.78 is 52.3. The van der Waals surface area contributed by atoms with Crippen LogP contribution in [0.1, 0.15) is 68.8 Å². The molecule has 7 rings (SSSR count). The SMILES string of the molecule is CNC(C)C(=O)NC(C(=O)N1Cc2cc(OCCOCCOc3c(-c4csc(N5CCOCC5)n4)ccc(F)c3F)ccc2C[C@H]1C(=O)N[C@@H]1CCCc2ccccc21)C(C)(C)C.Cl.Cl. The number of rotatable bonds is 16. The van der Waals surface area contributed by atoms with E-state index in [9.17, 15) is 18.8 Å². The summed E-state index contributed by atoms with van der Waals surface area (Å²) in [5.74, 6) is -2.67. The molecule has 18 heteroatoms. The van der Waals surface area contributed by atoms with E-state index in [0.717, 1.165) is 47.2 Å². The maximum atomic E-state index is 15.0. The van der Waals surface area contributed by atoms with Gasteiger partial charge < -0.3 is 44.7 Å². The van der Waals surface area contributed by atoms with E-state index in [2.05, 4.69) is 38.0 Å². The minimum Gasteiger partial charge on any atom is -0.491 e. The lowest BCUT2D eigenvalue weighted by molar-refractivity contribution is -0.147. The minimum atomic E-state index is -1.09. The molecule has 354 valence electrons. The van der Waals surface area contributed by atoms with Crippen molar-refractivity contribution in [3.63, 3.8) is 0 Å². The Morgan fingerprint density at radius 2 is 1.69 bits per heavy atom. The average Bonchev–Trinajstić information content (AvgIpc) is 3.78. The summed E-state index contributed by atoms with van der Waals surface area (Å²) in [5, 5.41) is 11.8. The molecule has 3 aromatic carbocycles. The third-order valence-corrected chi connectivity index (χ3v) is 12.8. The molecule has 0 spiro atoms. The summed E-state index contributed by atoms with van der Waals surface area (Å²) in [6.45, 7) is 10.6. The van der Waals surface area contributed by atoms with Crippen molar-refractivity contribution in [3.8, 4) is 22.8 Å². The molecule has 65 heavy (non-hydrogen) atoms.